The maximum Gasteiger partial charge on any atom is 0.437 e. The van der Waals surface area contributed by atoms with Gasteiger partial charge in [-0.15, -0.1) is 0 Å². The van der Waals surface area contributed by atoms with Crippen LogP contribution >= 0.6 is 11.6 Å². The molecule has 0 aliphatic carbocycles. The summed E-state index contributed by atoms with van der Waals surface area (Å²) in [5.74, 6) is -6.12. The molecule has 1 aromatic carbocycles. The lowest BCUT2D eigenvalue weighted by Crippen LogP contribution is -2.67. The zero-order valence-electron chi connectivity index (χ0n) is 15.3. The van der Waals surface area contributed by atoms with Crippen LogP contribution in [0.4, 0.5) is 13.2 Å². The number of rotatable bonds is 4. The fourth-order valence-electron chi connectivity index (χ4n) is 3.30. The third-order valence-corrected chi connectivity index (χ3v) is 4.84. The van der Waals surface area contributed by atoms with E-state index in [2.05, 4.69) is 4.74 Å². The number of methoxy groups -OCH3 is 1. The Kier molecular flexibility index (Phi) is 6.30. The number of aliphatic hydroxyl groups is 1. The van der Waals surface area contributed by atoms with Crippen LogP contribution in [0.2, 0.25) is 5.02 Å². The van der Waals surface area contributed by atoms with Gasteiger partial charge >= 0.3 is 18.1 Å². The highest BCUT2D eigenvalue weighted by Crippen LogP contribution is 2.50. The van der Waals surface area contributed by atoms with E-state index in [0.717, 1.165) is 7.11 Å². The summed E-state index contributed by atoms with van der Waals surface area (Å²) in [6.07, 6.45) is -5.27. The summed E-state index contributed by atoms with van der Waals surface area (Å²) >= 11 is 6.16. The van der Waals surface area contributed by atoms with Gasteiger partial charge in [0.15, 0.2) is 0 Å². The maximum atomic E-state index is 13.8. The second kappa shape index (κ2) is 8.00. The van der Waals surface area contributed by atoms with Crippen LogP contribution in [-0.4, -0.2) is 42.7 Å². The topological polar surface area (TPSA) is 84.9 Å². The van der Waals surface area contributed by atoms with Gasteiger partial charge in [-0.1, -0.05) is 29.8 Å². The van der Waals surface area contributed by atoms with E-state index in [4.69, 9.17) is 16.3 Å². The fraction of sp³-hybridized carbons (Fsp3) is 0.444. The molecule has 1 aliphatic heterocycles. The number of carbonyl (C=O) groups excluding carboxylic acids is 2. The number of hydrogen-bond donors (Lipinski definition) is 2. The van der Waals surface area contributed by atoms with Crippen LogP contribution in [0.5, 0.6) is 0 Å². The van der Waals surface area contributed by atoms with Crippen LogP contribution < -0.4 is 5.32 Å². The van der Waals surface area contributed by atoms with Gasteiger partial charge in [-0.25, -0.2) is 4.79 Å². The third-order valence-electron chi connectivity index (χ3n) is 4.50. The Morgan fingerprint density at radius 2 is 1.93 bits per heavy atom. The molecule has 0 spiro atoms. The molecule has 2 N–H and O–H groups in total. The van der Waals surface area contributed by atoms with Crippen LogP contribution in [0.3, 0.4) is 0 Å². The standard InChI is InChI=1S/C18H19ClF3NO5/c1-4-28-15(24)12-9(2)23-17(26,18(20,21)22)14(16(25)27-3)13(12)10-7-5-6-8-11(10)19/h5-8,13-14,23,26H,4H2,1-3H3. The lowest BCUT2D eigenvalue weighted by molar-refractivity contribution is -0.293. The minimum absolute atomic E-state index is 0.0161. The number of halogens is 4. The summed E-state index contributed by atoms with van der Waals surface area (Å²) in [6, 6.07) is 5.80. The quantitative estimate of drug-likeness (QED) is 0.727. The van der Waals surface area contributed by atoms with E-state index in [1.807, 2.05) is 5.32 Å². The third kappa shape index (κ3) is 3.68. The van der Waals surface area contributed by atoms with E-state index in [0.29, 0.717) is 0 Å². The number of allylic oxidation sites excluding steroid dienone is 1. The van der Waals surface area contributed by atoms with Crippen molar-refractivity contribution in [2.45, 2.75) is 31.7 Å². The van der Waals surface area contributed by atoms with Crippen LogP contribution in [0, 0.1) is 5.92 Å². The number of ether oxygens (including phenoxy) is 2. The van der Waals surface area contributed by atoms with Gasteiger partial charge in [0.05, 0.1) is 19.3 Å². The van der Waals surface area contributed by atoms with Crippen LogP contribution in [0.1, 0.15) is 25.3 Å². The Bertz CT molecular complexity index is 811. The zero-order chi connectivity index (χ0) is 21.3. The smallest absolute Gasteiger partial charge is 0.437 e. The zero-order valence-corrected chi connectivity index (χ0v) is 16.0. The number of alkyl halides is 3. The highest BCUT2D eigenvalue weighted by atomic mass is 35.5. The van der Waals surface area contributed by atoms with Crippen molar-refractivity contribution in [2.75, 3.05) is 13.7 Å². The van der Waals surface area contributed by atoms with Crippen molar-refractivity contribution >= 4 is 23.5 Å². The lowest BCUT2D eigenvalue weighted by Gasteiger charge is -2.45. The van der Waals surface area contributed by atoms with E-state index in [1.165, 1.54) is 38.1 Å². The maximum absolute atomic E-state index is 13.8. The Hall–Kier alpha value is -2.26. The average molecular weight is 422 g/mol. The molecule has 28 heavy (non-hydrogen) atoms. The molecule has 0 aromatic heterocycles. The van der Waals surface area contributed by atoms with Crippen LogP contribution in [0.25, 0.3) is 0 Å². The van der Waals surface area contributed by atoms with E-state index >= 15 is 0 Å². The second-order valence-electron chi connectivity index (χ2n) is 6.15. The predicted molar refractivity (Wildman–Crippen MR) is 93.2 cm³/mol. The minimum atomic E-state index is -5.27. The van der Waals surface area contributed by atoms with Gasteiger partial charge in [0, 0.05) is 16.6 Å². The molecule has 0 radical (unpaired) electrons. The van der Waals surface area contributed by atoms with E-state index < -0.39 is 35.7 Å². The van der Waals surface area contributed by atoms with Crippen LogP contribution in [0.15, 0.2) is 35.5 Å². The molecule has 0 amide bonds. The number of hydrogen-bond acceptors (Lipinski definition) is 6. The monoisotopic (exact) mass is 421 g/mol. The van der Waals surface area contributed by atoms with Crippen molar-refractivity contribution in [3.63, 3.8) is 0 Å². The van der Waals surface area contributed by atoms with E-state index in [-0.39, 0.29) is 28.5 Å². The first kappa shape index (κ1) is 22.0. The summed E-state index contributed by atoms with van der Waals surface area (Å²) in [5, 5.41) is 12.4. The van der Waals surface area contributed by atoms with Gasteiger partial charge in [0.25, 0.3) is 0 Å². The molecule has 10 heteroatoms. The fourth-order valence-corrected chi connectivity index (χ4v) is 3.56. The van der Waals surface area contributed by atoms with Gasteiger partial charge in [0.2, 0.25) is 5.72 Å². The largest absolute Gasteiger partial charge is 0.469 e. The molecular weight excluding hydrogens is 403 g/mol. The molecule has 1 aromatic rings. The molecule has 0 fully saturated rings. The minimum Gasteiger partial charge on any atom is -0.469 e. The highest BCUT2D eigenvalue weighted by Gasteiger charge is 2.67. The number of benzene rings is 1. The number of carbonyl (C=O) groups is 2. The van der Waals surface area contributed by atoms with Crippen molar-refractivity contribution in [1.82, 2.24) is 5.32 Å². The van der Waals surface area contributed by atoms with Crippen molar-refractivity contribution in [3.05, 3.63) is 46.1 Å². The van der Waals surface area contributed by atoms with Gasteiger partial charge in [-0.3, -0.25) is 4.79 Å². The second-order valence-corrected chi connectivity index (χ2v) is 6.56. The van der Waals surface area contributed by atoms with Crippen molar-refractivity contribution in [2.24, 2.45) is 5.92 Å². The summed E-state index contributed by atoms with van der Waals surface area (Å²) in [6.45, 7) is 2.66. The van der Waals surface area contributed by atoms with E-state index in [1.54, 1.807) is 0 Å². The first-order valence-corrected chi connectivity index (χ1v) is 8.64. The lowest BCUT2D eigenvalue weighted by atomic mass is 9.71. The molecule has 0 saturated carbocycles. The van der Waals surface area contributed by atoms with Gasteiger partial charge in [-0.2, -0.15) is 13.2 Å². The number of nitrogens with one attached hydrogen (secondary N) is 1. The molecule has 2 rings (SSSR count). The number of esters is 2. The SMILES string of the molecule is CCOC(=O)C1=C(C)NC(O)(C(F)(F)F)C(C(=O)OC)C1c1ccccc1Cl. The van der Waals surface area contributed by atoms with Gasteiger partial charge in [-0.05, 0) is 25.5 Å². The normalized spacial score (nSPS) is 25.1. The van der Waals surface area contributed by atoms with Crippen molar-refractivity contribution < 1.29 is 37.3 Å². The molecule has 1 aliphatic rings. The first-order chi connectivity index (χ1) is 13.0. The van der Waals surface area contributed by atoms with Crippen LogP contribution in [-0.2, 0) is 19.1 Å². The molecule has 154 valence electrons. The Labute approximate surface area is 164 Å². The summed E-state index contributed by atoms with van der Waals surface area (Å²) < 4.78 is 51.0. The first-order valence-electron chi connectivity index (χ1n) is 8.27. The molecule has 3 unspecified atom stereocenters. The molecule has 3 atom stereocenters. The molecule has 6 nitrogen and oxygen atoms in total. The highest BCUT2D eigenvalue weighted by molar-refractivity contribution is 6.31. The van der Waals surface area contributed by atoms with Crippen molar-refractivity contribution in [3.8, 4) is 0 Å². The summed E-state index contributed by atoms with van der Waals surface area (Å²) in [5.41, 5.74) is -4.18. The van der Waals surface area contributed by atoms with Gasteiger partial charge in [0.1, 0.15) is 5.92 Å². The molecule has 1 heterocycles. The summed E-state index contributed by atoms with van der Waals surface area (Å²) in [7, 11) is 0.887. The Balaban J connectivity index is 2.85. The average Bonchev–Trinajstić information content (AvgIpc) is 2.60. The molecular formula is C18H19ClF3NO5. The Morgan fingerprint density at radius 1 is 1.32 bits per heavy atom. The summed E-state index contributed by atoms with van der Waals surface area (Å²) in [4.78, 5) is 25.0. The molecule has 0 bridgehead atoms. The van der Waals surface area contributed by atoms with E-state index in [9.17, 15) is 27.9 Å². The molecule has 0 saturated heterocycles. The predicted octanol–water partition coefficient (Wildman–Crippen LogP) is 2.90. The Morgan fingerprint density at radius 3 is 2.43 bits per heavy atom. The van der Waals surface area contributed by atoms with Crippen molar-refractivity contribution in [1.29, 1.82) is 0 Å². The van der Waals surface area contributed by atoms with Gasteiger partial charge < -0.3 is 19.9 Å².